The number of nitrogens with two attached hydrogens (primary N) is 1. The van der Waals surface area contributed by atoms with Crippen molar-refractivity contribution in [3.63, 3.8) is 0 Å². The first kappa shape index (κ1) is 12.1. The Bertz CT molecular complexity index is 627. The molecule has 0 amide bonds. The zero-order valence-electron chi connectivity index (χ0n) is 8.28. The lowest BCUT2D eigenvalue weighted by atomic mass is 10.3. The average molecular weight is 288 g/mol. The number of nitrogen functional groups attached to an aromatic ring is 1. The minimum atomic E-state index is 0.134. The van der Waals surface area contributed by atoms with Crippen molar-refractivity contribution in [2.24, 2.45) is 0 Å². The molecule has 0 bridgehead atoms. The molecule has 0 radical (unpaired) electrons. The van der Waals surface area contributed by atoms with Crippen LogP contribution in [0.4, 0.5) is 5.82 Å². The number of rotatable bonds is 1. The highest BCUT2D eigenvalue weighted by atomic mass is 35.5. The number of nitriles is 1. The molecule has 4 nitrogen and oxygen atoms in total. The minimum Gasteiger partial charge on any atom is -0.381 e. The van der Waals surface area contributed by atoms with E-state index in [4.69, 9.17) is 45.8 Å². The van der Waals surface area contributed by atoms with Crippen molar-refractivity contribution in [3.05, 3.63) is 39.0 Å². The number of anilines is 1. The Hall–Kier alpha value is -1.41. The van der Waals surface area contributed by atoms with Crippen LogP contribution in [-0.4, -0.2) is 9.78 Å². The molecule has 1 aromatic heterocycles. The summed E-state index contributed by atoms with van der Waals surface area (Å²) in [6.07, 6.45) is 1.47. The molecule has 2 rings (SSSR count). The second-order valence-electron chi connectivity index (χ2n) is 3.18. The standard InChI is InChI=1S/C10H5Cl3N4/c11-6-1-2-7(9(13)8(6)12)17-4-5(3-14)10(15)16-17/h1-2,4H,(H2,15,16). The van der Waals surface area contributed by atoms with E-state index in [0.29, 0.717) is 10.7 Å². The van der Waals surface area contributed by atoms with Gasteiger partial charge in [0.15, 0.2) is 5.82 Å². The number of hydrogen-bond acceptors (Lipinski definition) is 3. The van der Waals surface area contributed by atoms with Crippen LogP contribution in [0.5, 0.6) is 0 Å². The highest BCUT2D eigenvalue weighted by Crippen LogP contribution is 2.34. The second-order valence-corrected chi connectivity index (χ2v) is 4.34. The fraction of sp³-hybridized carbons (Fsp3) is 0. The maximum absolute atomic E-state index is 8.78. The van der Waals surface area contributed by atoms with Crippen molar-refractivity contribution in [2.45, 2.75) is 0 Å². The van der Waals surface area contributed by atoms with E-state index < -0.39 is 0 Å². The lowest BCUT2D eigenvalue weighted by Gasteiger charge is -2.06. The van der Waals surface area contributed by atoms with E-state index >= 15 is 0 Å². The fourth-order valence-corrected chi connectivity index (χ4v) is 1.91. The van der Waals surface area contributed by atoms with Crippen molar-refractivity contribution in [3.8, 4) is 11.8 Å². The van der Waals surface area contributed by atoms with Crippen molar-refractivity contribution in [1.82, 2.24) is 9.78 Å². The molecule has 1 heterocycles. The molecular formula is C10H5Cl3N4. The van der Waals surface area contributed by atoms with Crippen molar-refractivity contribution < 1.29 is 0 Å². The summed E-state index contributed by atoms with van der Waals surface area (Å²) >= 11 is 17.8. The van der Waals surface area contributed by atoms with E-state index in [-0.39, 0.29) is 21.4 Å². The summed E-state index contributed by atoms with van der Waals surface area (Å²) in [5, 5.41) is 13.6. The Morgan fingerprint density at radius 2 is 1.94 bits per heavy atom. The van der Waals surface area contributed by atoms with Gasteiger partial charge in [-0.15, -0.1) is 5.10 Å². The zero-order chi connectivity index (χ0) is 12.6. The van der Waals surface area contributed by atoms with Gasteiger partial charge >= 0.3 is 0 Å². The highest BCUT2D eigenvalue weighted by molar-refractivity contribution is 6.48. The lowest BCUT2D eigenvalue weighted by Crippen LogP contribution is -1.97. The average Bonchev–Trinajstić information content (AvgIpc) is 2.67. The quantitative estimate of drug-likeness (QED) is 0.818. The van der Waals surface area contributed by atoms with E-state index in [1.165, 1.54) is 10.9 Å². The summed E-state index contributed by atoms with van der Waals surface area (Å²) in [4.78, 5) is 0. The minimum absolute atomic E-state index is 0.134. The van der Waals surface area contributed by atoms with Crippen LogP contribution in [0.25, 0.3) is 5.69 Å². The summed E-state index contributed by atoms with van der Waals surface area (Å²) in [5.74, 6) is 0.134. The third kappa shape index (κ3) is 2.05. The monoisotopic (exact) mass is 286 g/mol. The van der Waals surface area contributed by atoms with E-state index in [9.17, 15) is 0 Å². The molecular weight excluding hydrogens is 282 g/mol. The van der Waals surface area contributed by atoms with Gasteiger partial charge < -0.3 is 5.73 Å². The van der Waals surface area contributed by atoms with Gasteiger partial charge in [0.25, 0.3) is 0 Å². The first-order valence-corrected chi connectivity index (χ1v) is 5.57. The van der Waals surface area contributed by atoms with Crippen LogP contribution in [0, 0.1) is 11.3 Å². The molecule has 17 heavy (non-hydrogen) atoms. The number of hydrogen-bond donors (Lipinski definition) is 1. The van der Waals surface area contributed by atoms with Crippen molar-refractivity contribution in [2.75, 3.05) is 5.73 Å². The molecule has 1 aromatic carbocycles. The highest BCUT2D eigenvalue weighted by Gasteiger charge is 2.13. The van der Waals surface area contributed by atoms with Gasteiger partial charge in [0, 0.05) is 0 Å². The van der Waals surface area contributed by atoms with Crippen LogP contribution >= 0.6 is 34.8 Å². The summed E-state index contributed by atoms with van der Waals surface area (Å²) in [6.45, 7) is 0. The van der Waals surface area contributed by atoms with Crippen LogP contribution in [0.2, 0.25) is 15.1 Å². The van der Waals surface area contributed by atoms with E-state index in [1.807, 2.05) is 6.07 Å². The molecule has 86 valence electrons. The summed E-state index contributed by atoms with van der Waals surface area (Å²) < 4.78 is 1.39. The largest absolute Gasteiger partial charge is 0.381 e. The third-order valence-corrected chi connectivity index (χ3v) is 3.41. The molecule has 7 heteroatoms. The molecule has 2 N–H and O–H groups in total. The Balaban J connectivity index is 2.62. The van der Waals surface area contributed by atoms with Gasteiger partial charge in [-0.2, -0.15) is 5.26 Å². The second kappa shape index (κ2) is 4.46. The van der Waals surface area contributed by atoms with Crippen molar-refractivity contribution in [1.29, 1.82) is 5.26 Å². The summed E-state index contributed by atoms with van der Waals surface area (Å²) in [6, 6.07) is 5.16. The molecule has 0 unspecified atom stereocenters. The van der Waals surface area contributed by atoms with E-state index in [1.54, 1.807) is 12.1 Å². The van der Waals surface area contributed by atoms with Crippen LogP contribution in [0.15, 0.2) is 18.3 Å². The SMILES string of the molecule is N#Cc1cn(-c2ccc(Cl)c(Cl)c2Cl)nc1N. The molecule has 0 fully saturated rings. The molecule has 0 saturated heterocycles. The van der Waals surface area contributed by atoms with Gasteiger partial charge in [0.05, 0.1) is 27.0 Å². The van der Waals surface area contributed by atoms with Crippen LogP contribution in [0.1, 0.15) is 5.56 Å². The van der Waals surface area contributed by atoms with Crippen LogP contribution in [-0.2, 0) is 0 Å². The van der Waals surface area contributed by atoms with E-state index in [0.717, 1.165) is 0 Å². The molecule has 0 aliphatic carbocycles. The topological polar surface area (TPSA) is 67.6 Å². The molecule has 2 aromatic rings. The van der Waals surface area contributed by atoms with Gasteiger partial charge in [0.1, 0.15) is 11.6 Å². The summed E-state index contributed by atoms with van der Waals surface area (Å²) in [5.41, 5.74) is 6.33. The maximum Gasteiger partial charge on any atom is 0.163 e. The fourth-order valence-electron chi connectivity index (χ4n) is 1.29. The Kier molecular flexibility index (Phi) is 3.16. The maximum atomic E-state index is 8.78. The predicted molar refractivity (Wildman–Crippen MR) is 67.7 cm³/mol. The van der Waals surface area contributed by atoms with Gasteiger partial charge in [-0.05, 0) is 12.1 Å². The molecule has 0 spiro atoms. The van der Waals surface area contributed by atoms with Crippen LogP contribution < -0.4 is 5.73 Å². The van der Waals surface area contributed by atoms with Gasteiger partial charge in [-0.1, -0.05) is 34.8 Å². The first-order chi connectivity index (χ1) is 8.04. The number of aromatic nitrogens is 2. The third-order valence-electron chi connectivity index (χ3n) is 2.12. The smallest absolute Gasteiger partial charge is 0.163 e. The molecule has 0 atom stereocenters. The number of nitrogens with zero attached hydrogens (tertiary/aromatic N) is 3. The zero-order valence-corrected chi connectivity index (χ0v) is 10.6. The van der Waals surface area contributed by atoms with Gasteiger partial charge in [-0.25, -0.2) is 4.68 Å². The van der Waals surface area contributed by atoms with Gasteiger partial charge in [0.2, 0.25) is 0 Å². The predicted octanol–water partition coefficient (Wildman–Crippen LogP) is 3.29. The van der Waals surface area contributed by atoms with Crippen LogP contribution in [0.3, 0.4) is 0 Å². The lowest BCUT2D eigenvalue weighted by molar-refractivity contribution is 0.886. The van der Waals surface area contributed by atoms with Crippen molar-refractivity contribution >= 4 is 40.6 Å². The Morgan fingerprint density at radius 3 is 2.53 bits per heavy atom. The number of benzene rings is 1. The normalized spacial score (nSPS) is 10.2. The van der Waals surface area contributed by atoms with Gasteiger partial charge in [-0.3, -0.25) is 0 Å². The number of halogens is 3. The first-order valence-electron chi connectivity index (χ1n) is 4.43. The molecule has 0 aliphatic rings. The molecule has 0 saturated carbocycles. The van der Waals surface area contributed by atoms with E-state index in [2.05, 4.69) is 5.10 Å². The Labute approximate surface area is 112 Å². The molecule has 0 aliphatic heterocycles. The Morgan fingerprint density at radius 1 is 1.24 bits per heavy atom. The summed E-state index contributed by atoms with van der Waals surface area (Å²) in [7, 11) is 0.